The van der Waals surface area contributed by atoms with Crippen LogP contribution in [0.5, 0.6) is 0 Å². The van der Waals surface area contributed by atoms with Gasteiger partial charge in [-0.25, -0.2) is 29.0 Å². The number of nitrogens with zero attached hydrogens (tertiary/aromatic N) is 2. The Labute approximate surface area is 127 Å². The number of pyridine rings is 1. The third-order valence-electron chi connectivity index (χ3n) is 2.82. The molecule has 0 saturated heterocycles. The van der Waals surface area contributed by atoms with Crippen LogP contribution in [0.1, 0.15) is 25.2 Å². The summed E-state index contributed by atoms with van der Waals surface area (Å²) in [6, 6.07) is 0.817. The van der Waals surface area contributed by atoms with E-state index in [-0.39, 0.29) is 15.7 Å². The number of halogens is 1. The Hall–Kier alpha value is -1.68. The first-order chi connectivity index (χ1) is 9.97. The summed E-state index contributed by atoms with van der Waals surface area (Å²) in [5, 5.41) is 0.117. The third-order valence-corrected chi connectivity index (χ3v) is 4.55. The Morgan fingerprint density at radius 2 is 2.24 bits per heavy atom. The minimum Gasteiger partial charge on any atom is -0.347 e. The van der Waals surface area contributed by atoms with E-state index in [0.717, 1.165) is 0 Å². The van der Waals surface area contributed by atoms with Gasteiger partial charge in [0.1, 0.15) is 10.7 Å². The number of anilines is 1. The molecular formula is C11H15ClN6O2S. The molecule has 8 nitrogen and oxygen atoms in total. The lowest BCUT2D eigenvalue weighted by molar-refractivity contribution is 0.539. The maximum absolute atomic E-state index is 12.3. The first kappa shape index (κ1) is 15.7. The lowest BCUT2D eigenvalue weighted by Crippen LogP contribution is -2.29. The third kappa shape index (κ3) is 3.50. The number of aromatic nitrogens is 3. The second-order valence-corrected chi connectivity index (χ2v) is 6.32. The topological polar surface area (TPSA) is 126 Å². The predicted molar refractivity (Wildman–Crippen MR) is 79.0 cm³/mol. The van der Waals surface area contributed by atoms with Gasteiger partial charge in [0.2, 0.25) is 10.0 Å². The quantitative estimate of drug-likeness (QED) is 0.465. The summed E-state index contributed by atoms with van der Waals surface area (Å²) in [5.74, 6) is 5.95. The van der Waals surface area contributed by atoms with E-state index < -0.39 is 16.1 Å². The Kier molecular flexibility index (Phi) is 4.78. The zero-order valence-corrected chi connectivity index (χ0v) is 12.7. The van der Waals surface area contributed by atoms with Crippen molar-refractivity contribution < 1.29 is 8.42 Å². The Bertz CT molecular complexity index is 704. The van der Waals surface area contributed by atoms with Gasteiger partial charge in [-0.15, -0.1) is 0 Å². The van der Waals surface area contributed by atoms with E-state index in [2.05, 4.69) is 25.1 Å². The molecule has 0 spiro atoms. The molecule has 0 amide bonds. The van der Waals surface area contributed by atoms with E-state index in [0.29, 0.717) is 12.2 Å². The number of hydrogen-bond acceptors (Lipinski definition) is 6. The molecule has 0 fully saturated rings. The summed E-state index contributed by atoms with van der Waals surface area (Å²) in [6.45, 7) is 1.85. The number of sulfonamides is 1. The molecule has 2 aromatic rings. The lowest BCUT2D eigenvalue weighted by Gasteiger charge is -2.15. The van der Waals surface area contributed by atoms with Gasteiger partial charge in [0.15, 0.2) is 5.82 Å². The van der Waals surface area contributed by atoms with Crippen LogP contribution >= 0.6 is 11.6 Å². The number of H-pyrrole nitrogens is 1. The van der Waals surface area contributed by atoms with Gasteiger partial charge in [-0.3, -0.25) is 0 Å². The fraction of sp³-hybridized carbons (Fsp3) is 0.273. The molecule has 2 rings (SSSR count). The normalized spacial score (nSPS) is 13.1. The molecule has 1 atom stereocenters. The lowest BCUT2D eigenvalue weighted by atomic mass is 10.2. The Morgan fingerprint density at radius 1 is 1.48 bits per heavy atom. The van der Waals surface area contributed by atoms with Gasteiger partial charge >= 0.3 is 0 Å². The van der Waals surface area contributed by atoms with Crippen LogP contribution in [-0.2, 0) is 10.0 Å². The predicted octanol–water partition coefficient (Wildman–Crippen LogP) is 1.17. The number of imidazole rings is 1. The second-order valence-electron chi connectivity index (χ2n) is 4.20. The number of hydrazine groups is 1. The number of hydrogen-bond donors (Lipinski definition) is 4. The maximum Gasteiger partial charge on any atom is 0.242 e. The summed E-state index contributed by atoms with van der Waals surface area (Å²) < 4.78 is 27.2. The summed E-state index contributed by atoms with van der Waals surface area (Å²) >= 11 is 5.89. The van der Waals surface area contributed by atoms with Gasteiger partial charge in [-0.2, -0.15) is 0 Å². The number of nitrogen functional groups attached to an aromatic ring is 1. The van der Waals surface area contributed by atoms with E-state index in [4.69, 9.17) is 17.4 Å². The van der Waals surface area contributed by atoms with E-state index in [1.807, 2.05) is 6.92 Å². The summed E-state index contributed by atoms with van der Waals surface area (Å²) in [5.41, 5.74) is 2.27. The molecule has 0 aromatic carbocycles. The van der Waals surface area contributed by atoms with Crippen LogP contribution in [0.25, 0.3) is 0 Å². The molecule has 21 heavy (non-hydrogen) atoms. The van der Waals surface area contributed by atoms with E-state index in [1.54, 1.807) is 12.4 Å². The molecule has 1 unspecified atom stereocenters. The number of rotatable bonds is 6. The molecule has 2 heterocycles. The fourth-order valence-corrected chi connectivity index (χ4v) is 3.27. The number of nitrogens with one attached hydrogen (secondary N) is 3. The van der Waals surface area contributed by atoms with Crippen molar-refractivity contribution in [1.82, 2.24) is 19.7 Å². The van der Waals surface area contributed by atoms with Crippen molar-refractivity contribution in [3.63, 3.8) is 0 Å². The minimum atomic E-state index is -3.77. The second kappa shape index (κ2) is 6.39. The summed E-state index contributed by atoms with van der Waals surface area (Å²) in [4.78, 5) is 10.7. The largest absolute Gasteiger partial charge is 0.347 e. The van der Waals surface area contributed by atoms with Gasteiger partial charge in [0, 0.05) is 18.6 Å². The SMILES string of the molecule is CCC(NS(=O)(=O)c1cnc(NN)c(Cl)c1)c1ncc[nH]1. The number of nitrogens with two attached hydrogens (primary N) is 1. The molecule has 10 heteroatoms. The van der Waals surface area contributed by atoms with Crippen molar-refractivity contribution in [3.05, 3.63) is 35.5 Å². The van der Waals surface area contributed by atoms with Crippen molar-refractivity contribution in [2.24, 2.45) is 5.84 Å². The first-order valence-corrected chi connectivity index (χ1v) is 7.97. The van der Waals surface area contributed by atoms with Crippen LogP contribution in [0, 0.1) is 0 Å². The summed E-state index contributed by atoms with van der Waals surface area (Å²) in [7, 11) is -3.77. The minimum absolute atomic E-state index is 0.0449. The smallest absolute Gasteiger partial charge is 0.242 e. The van der Waals surface area contributed by atoms with E-state index in [9.17, 15) is 8.42 Å². The van der Waals surface area contributed by atoms with Crippen LogP contribution in [0.3, 0.4) is 0 Å². The van der Waals surface area contributed by atoms with Crippen LogP contribution in [0.4, 0.5) is 5.82 Å². The van der Waals surface area contributed by atoms with Gasteiger partial charge in [-0.05, 0) is 12.5 Å². The van der Waals surface area contributed by atoms with Crippen LogP contribution in [0.15, 0.2) is 29.6 Å². The molecule has 5 N–H and O–H groups in total. The first-order valence-electron chi connectivity index (χ1n) is 6.11. The molecule has 0 aliphatic heterocycles. The monoisotopic (exact) mass is 330 g/mol. The molecule has 0 saturated carbocycles. The molecule has 2 aromatic heterocycles. The number of aromatic amines is 1. The van der Waals surface area contributed by atoms with Crippen molar-refractivity contribution in [2.45, 2.75) is 24.3 Å². The fourth-order valence-electron chi connectivity index (χ4n) is 1.73. The van der Waals surface area contributed by atoms with E-state index in [1.165, 1.54) is 12.3 Å². The van der Waals surface area contributed by atoms with Gasteiger partial charge in [0.25, 0.3) is 0 Å². The van der Waals surface area contributed by atoms with Crippen molar-refractivity contribution in [1.29, 1.82) is 0 Å². The molecule has 0 aliphatic rings. The Balaban J connectivity index is 2.27. The van der Waals surface area contributed by atoms with Crippen molar-refractivity contribution >= 4 is 27.4 Å². The molecule has 0 aliphatic carbocycles. The van der Waals surface area contributed by atoms with Gasteiger partial charge in [-0.1, -0.05) is 18.5 Å². The van der Waals surface area contributed by atoms with Crippen LogP contribution in [0.2, 0.25) is 5.02 Å². The summed E-state index contributed by atoms with van der Waals surface area (Å²) in [6.07, 6.45) is 4.91. The molecule has 114 valence electrons. The highest BCUT2D eigenvalue weighted by Crippen LogP contribution is 2.23. The van der Waals surface area contributed by atoms with Crippen LogP contribution in [-0.4, -0.2) is 23.4 Å². The van der Waals surface area contributed by atoms with Crippen molar-refractivity contribution in [3.8, 4) is 0 Å². The molecule has 0 radical (unpaired) electrons. The standard InChI is InChI=1S/C11H15ClN6O2S/c1-2-9(11-14-3-4-15-11)18-21(19,20)7-5-8(12)10(17-13)16-6-7/h3-6,9,18H,2,13H2,1H3,(H,14,15)(H,16,17). The maximum atomic E-state index is 12.3. The Morgan fingerprint density at radius 3 is 2.76 bits per heavy atom. The highest BCUT2D eigenvalue weighted by Gasteiger charge is 2.22. The average Bonchev–Trinajstić information content (AvgIpc) is 2.98. The molecular weight excluding hydrogens is 316 g/mol. The highest BCUT2D eigenvalue weighted by molar-refractivity contribution is 7.89. The zero-order valence-electron chi connectivity index (χ0n) is 11.2. The van der Waals surface area contributed by atoms with Crippen molar-refractivity contribution in [2.75, 3.05) is 5.43 Å². The van der Waals surface area contributed by atoms with Crippen LogP contribution < -0.4 is 16.0 Å². The van der Waals surface area contributed by atoms with E-state index >= 15 is 0 Å². The average molecular weight is 331 g/mol. The van der Waals surface area contributed by atoms with Gasteiger partial charge in [0.05, 0.1) is 11.1 Å². The zero-order chi connectivity index (χ0) is 15.5. The van der Waals surface area contributed by atoms with Gasteiger partial charge < -0.3 is 10.4 Å². The molecule has 0 bridgehead atoms. The highest BCUT2D eigenvalue weighted by atomic mass is 35.5.